The van der Waals surface area contributed by atoms with Gasteiger partial charge >= 0.3 is 0 Å². The molecule has 1 unspecified atom stereocenters. The highest BCUT2D eigenvalue weighted by Gasteiger charge is 2.30. The summed E-state index contributed by atoms with van der Waals surface area (Å²) in [6, 6.07) is 3.17. The molecule has 0 saturated carbocycles. The molecule has 1 atom stereocenters. The van der Waals surface area contributed by atoms with Crippen molar-refractivity contribution in [1.82, 2.24) is 24.9 Å². The molecular formula is C15H19N5O3. The fraction of sp³-hybridized carbons (Fsp3) is 0.467. The Hall–Kier alpha value is -2.48. The fourth-order valence-corrected chi connectivity index (χ4v) is 2.77. The lowest BCUT2D eigenvalue weighted by atomic mass is 10.2. The number of carbonyl (C=O) groups excluding carboxylic acids is 1. The number of aromatic amines is 1. The molecule has 2 aromatic heterocycles. The largest absolute Gasteiger partial charge is 0.340 e. The van der Waals surface area contributed by atoms with E-state index in [1.807, 2.05) is 7.05 Å². The lowest BCUT2D eigenvalue weighted by Crippen LogP contribution is -2.36. The van der Waals surface area contributed by atoms with E-state index >= 15 is 0 Å². The molecule has 1 aliphatic heterocycles. The third-order valence-electron chi connectivity index (χ3n) is 4.07. The van der Waals surface area contributed by atoms with E-state index < -0.39 is 0 Å². The Labute approximate surface area is 133 Å². The number of likely N-dealkylation sites (tertiary alicyclic amines) is 1. The summed E-state index contributed by atoms with van der Waals surface area (Å²) in [6.45, 7) is 3.68. The van der Waals surface area contributed by atoms with Gasteiger partial charge in [-0.3, -0.25) is 14.5 Å². The maximum Gasteiger partial charge on any atom is 0.255 e. The zero-order chi connectivity index (χ0) is 16.4. The first-order valence-electron chi connectivity index (χ1n) is 7.50. The minimum Gasteiger partial charge on any atom is -0.340 e. The number of aromatic nitrogens is 3. The molecule has 1 N–H and O–H groups in total. The number of hydrogen-bond donors (Lipinski definition) is 1. The van der Waals surface area contributed by atoms with Gasteiger partial charge in [0, 0.05) is 38.3 Å². The van der Waals surface area contributed by atoms with Crippen LogP contribution in [0, 0.1) is 6.92 Å². The summed E-state index contributed by atoms with van der Waals surface area (Å²) < 4.78 is 4.97. The van der Waals surface area contributed by atoms with Gasteiger partial charge in [-0.25, -0.2) is 0 Å². The average molecular weight is 317 g/mol. The number of rotatable bonds is 4. The Bertz CT molecular complexity index is 733. The highest BCUT2D eigenvalue weighted by molar-refractivity contribution is 5.94. The van der Waals surface area contributed by atoms with Gasteiger partial charge < -0.3 is 14.4 Å². The molecule has 8 heteroatoms. The quantitative estimate of drug-likeness (QED) is 0.878. The molecule has 2 aromatic rings. The normalized spacial score (nSPS) is 17.9. The van der Waals surface area contributed by atoms with Crippen molar-refractivity contribution in [3.05, 3.63) is 46.0 Å². The van der Waals surface area contributed by atoms with E-state index in [2.05, 4.69) is 20.0 Å². The van der Waals surface area contributed by atoms with Crippen molar-refractivity contribution in [2.45, 2.75) is 25.9 Å². The van der Waals surface area contributed by atoms with Crippen LogP contribution >= 0.6 is 0 Å². The van der Waals surface area contributed by atoms with Gasteiger partial charge in [-0.1, -0.05) is 5.16 Å². The van der Waals surface area contributed by atoms with Crippen molar-refractivity contribution in [2.24, 2.45) is 0 Å². The monoisotopic (exact) mass is 317 g/mol. The molecular weight excluding hydrogens is 298 g/mol. The highest BCUT2D eigenvalue weighted by Crippen LogP contribution is 2.18. The molecule has 3 heterocycles. The maximum atomic E-state index is 12.4. The molecule has 1 amide bonds. The van der Waals surface area contributed by atoms with Crippen LogP contribution in [0.5, 0.6) is 0 Å². The number of hydrogen-bond acceptors (Lipinski definition) is 6. The predicted octanol–water partition coefficient (Wildman–Crippen LogP) is 0.413. The lowest BCUT2D eigenvalue weighted by Gasteiger charge is -2.23. The summed E-state index contributed by atoms with van der Waals surface area (Å²) in [5, 5.41) is 3.90. The number of pyridine rings is 1. The molecule has 1 fully saturated rings. The Morgan fingerprint density at radius 3 is 3.00 bits per heavy atom. The van der Waals surface area contributed by atoms with Gasteiger partial charge in [-0.05, 0) is 19.5 Å². The van der Waals surface area contributed by atoms with Crippen LogP contribution in [0.1, 0.15) is 28.5 Å². The first kappa shape index (κ1) is 15.4. The Balaban J connectivity index is 1.60. The van der Waals surface area contributed by atoms with Crippen molar-refractivity contribution >= 4 is 5.91 Å². The second-order valence-electron chi connectivity index (χ2n) is 5.78. The molecule has 0 aromatic carbocycles. The minimum atomic E-state index is -0.212. The topological polar surface area (TPSA) is 95.3 Å². The highest BCUT2D eigenvalue weighted by atomic mass is 16.5. The lowest BCUT2D eigenvalue weighted by molar-refractivity contribution is 0.0778. The van der Waals surface area contributed by atoms with Gasteiger partial charge in [0.05, 0.1) is 12.1 Å². The van der Waals surface area contributed by atoms with Gasteiger partial charge in [0.2, 0.25) is 11.4 Å². The van der Waals surface area contributed by atoms with Gasteiger partial charge in [0.25, 0.3) is 5.91 Å². The predicted molar refractivity (Wildman–Crippen MR) is 81.9 cm³/mol. The summed E-state index contributed by atoms with van der Waals surface area (Å²) >= 11 is 0. The van der Waals surface area contributed by atoms with Crippen LogP contribution in [0.25, 0.3) is 0 Å². The number of nitrogens with one attached hydrogen (secondary N) is 1. The van der Waals surface area contributed by atoms with Crippen LogP contribution in [-0.4, -0.2) is 57.0 Å². The van der Waals surface area contributed by atoms with Crippen molar-refractivity contribution in [1.29, 1.82) is 0 Å². The summed E-state index contributed by atoms with van der Waals surface area (Å²) in [6.07, 6.45) is 2.35. The zero-order valence-electron chi connectivity index (χ0n) is 13.2. The molecule has 0 bridgehead atoms. The van der Waals surface area contributed by atoms with Gasteiger partial charge in [0.1, 0.15) is 0 Å². The summed E-state index contributed by atoms with van der Waals surface area (Å²) in [5.41, 5.74) is 0.290. The number of H-pyrrole nitrogens is 1. The van der Waals surface area contributed by atoms with Crippen molar-refractivity contribution in [2.75, 3.05) is 20.1 Å². The van der Waals surface area contributed by atoms with E-state index in [9.17, 15) is 9.59 Å². The Morgan fingerprint density at radius 2 is 2.35 bits per heavy atom. The minimum absolute atomic E-state index is 0.0624. The summed E-state index contributed by atoms with van der Waals surface area (Å²) in [7, 11) is 1.99. The smallest absolute Gasteiger partial charge is 0.255 e. The standard InChI is InChI=1S/C15H19N5O3/c1-10-17-13(18-23-10)9-19(2)12-5-6-20(8-12)15(22)11-3-4-14(21)16-7-11/h3-4,7,12H,5-6,8-9H2,1-2H3,(H,16,21). The van der Waals surface area contributed by atoms with E-state index in [-0.39, 0.29) is 17.5 Å². The number of nitrogens with zero attached hydrogens (tertiary/aromatic N) is 4. The van der Waals surface area contributed by atoms with Crippen LogP contribution in [0.15, 0.2) is 27.6 Å². The van der Waals surface area contributed by atoms with E-state index in [0.29, 0.717) is 36.9 Å². The zero-order valence-corrected chi connectivity index (χ0v) is 13.2. The molecule has 3 rings (SSSR count). The number of carbonyl (C=O) groups is 1. The summed E-state index contributed by atoms with van der Waals surface area (Å²) in [5.74, 6) is 1.14. The Morgan fingerprint density at radius 1 is 1.52 bits per heavy atom. The van der Waals surface area contributed by atoms with Crippen LogP contribution in [0.2, 0.25) is 0 Å². The first-order valence-corrected chi connectivity index (χ1v) is 7.50. The second kappa shape index (κ2) is 6.33. The van der Waals surface area contributed by atoms with Crippen molar-refractivity contribution in [3.63, 3.8) is 0 Å². The number of likely N-dealkylation sites (N-methyl/N-ethyl adjacent to an activating group) is 1. The van der Waals surface area contributed by atoms with Crippen LogP contribution in [-0.2, 0) is 6.54 Å². The van der Waals surface area contributed by atoms with E-state index in [1.165, 1.54) is 12.3 Å². The van der Waals surface area contributed by atoms with E-state index in [1.54, 1.807) is 17.9 Å². The Kier molecular flexibility index (Phi) is 4.24. The second-order valence-corrected chi connectivity index (χ2v) is 5.78. The molecule has 1 saturated heterocycles. The van der Waals surface area contributed by atoms with Crippen molar-refractivity contribution < 1.29 is 9.32 Å². The molecule has 23 heavy (non-hydrogen) atoms. The van der Waals surface area contributed by atoms with Gasteiger partial charge in [-0.2, -0.15) is 4.98 Å². The maximum absolute atomic E-state index is 12.4. The summed E-state index contributed by atoms with van der Waals surface area (Å²) in [4.78, 5) is 34.2. The molecule has 8 nitrogen and oxygen atoms in total. The molecule has 0 spiro atoms. The van der Waals surface area contributed by atoms with Crippen molar-refractivity contribution in [3.8, 4) is 0 Å². The average Bonchev–Trinajstić information content (AvgIpc) is 3.16. The molecule has 0 radical (unpaired) electrons. The number of amides is 1. The third-order valence-corrected chi connectivity index (χ3v) is 4.07. The fourth-order valence-electron chi connectivity index (χ4n) is 2.77. The van der Waals surface area contributed by atoms with Crippen LogP contribution in [0.4, 0.5) is 0 Å². The molecule has 0 aliphatic carbocycles. The van der Waals surface area contributed by atoms with E-state index in [4.69, 9.17) is 4.52 Å². The third kappa shape index (κ3) is 3.48. The van der Waals surface area contributed by atoms with E-state index in [0.717, 1.165) is 6.42 Å². The molecule has 122 valence electrons. The van der Waals surface area contributed by atoms with Crippen LogP contribution < -0.4 is 5.56 Å². The molecule has 1 aliphatic rings. The first-order chi connectivity index (χ1) is 11.0. The van der Waals surface area contributed by atoms with Gasteiger partial charge in [0.15, 0.2) is 5.82 Å². The van der Waals surface area contributed by atoms with Crippen LogP contribution in [0.3, 0.4) is 0 Å². The number of aryl methyl sites for hydroxylation is 1. The van der Waals surface area contributed by atoms with Gasteiger partial charge in [-0.15, -0.1) is 0 Å². The SMILES string of the molecule is Cc1nc(CN(C)C2CCN(C(=O)c3ccc(=O)[nH]c3)C2)no1.